The van der Waals surface area contributed by atoms with Crippen LogP contribution in [0.5, 0.6) is 0 Å². The molecule has 0 aliphatic heterocycles. The van der Waals surface area contributed by atoms with Gasteiger partial charge in [-0.1, -0.05) is 17.4 Å². The lowest BCUT2D eigenvalue weighted by Gasteiger charge is -2.03. The summed E-state index contributed by atoms with van der Waals surface area (Å²) in [5.74, 6) is 0.679. The summed E-state index contributed by atoms with van der Waals surface area (Å²) < 4.78 is 1.73. The predicted molar refractivity (Wildman–Crippen MR) is 77.2 cm³/mol. The molecule has 0 amide bonds. The highest BCUT2D eigenvalue weighted by molar-refractivity contribution is 7.17. The van der Waals surface area contributed by atoms with E-state index >= 15 is 0 Å². The number of hydrogen-bond acceptors (Lipinski definition) is 6. The number of anilines is 2. The maximum absolute atomic E-state index is 10.6. The average Bonchev–Trinajstić information content (AvgIpc) is 3.08. The number of nitrogens with one attached hydrogen (secondary N) is 1. The van der Waals surface area contributed by atoms with Gasteiger partial charge in [-0.05, 0) is 12.1 Å². The Bertz CT molecular complexity index is 749. The summed E-state index contributed by atoms with van der Waals surface area (Å²) in [6.45, 7) is 0. The molecule has 7 heteroatoms. The van der Waals surface area contributed by atoms with Crippen LogP contribution in [0.1, 0.15) is 9.67 Å². The van der Waals surface area contributed by atoms with Crippen molar-refractivity contribution in [3.05, 3.63) is 41.7 Å². The van der Waals surface area contributed by atoms with Crippen molar-refractivity contribution in [1.29, 1.82) is 0 Å². The molecule has 20 heavy (non-hydrogen) atoms. The lowest BCUT2D eigenvalue weighted by Crippen LogP contribution is -1.93. The van der Waals surface area contributed by atoms with Crippen LogP contribution in [0.3, 0.4) is 0 Å². The summed E-state index contributed by atoms with van der Waals surface area (Å²) in [5, 5.41) is 7.86. The molecule has 6 nitrogen and oxygen atoms in total. The fraction of sp³-hybridized carbons (Fsp3) is 0.0769. The molecule has 100 valence electrons. The largest absolute Gasteiger partial charge is 0.316 e. The molecule has 0 aliphatic carbocycles. The van der Waals surface area contributed by atoms with Crippen molar-refractivity contribution in [2.45, 2.75) is 0 Å². The highest BCUT2D eigenvalue weighted by Crippen LogP contribution is 2.23. The number of carbonyl (C=O) groups excluding carboxylic acids is 1. The van der Waals surface area contributed by atoms with Crippen molar-refractivity contribution >= 4 is 28.6 Å². The van der Waals surface area contributed by atoms with E-state index in [0.29, 0.717) is 15.8 Å². The van der Waals surface area contributed by atoms with Crippen molar-refractivity contribution in [3.8, 4) is 11.3 Å². The van der Waals surface area contributed by atoms with Gasteiger partial charge in [-0.25, -0.2) is 9.97 Å². The number of carbonyl (C=O) groups is 1. The van der Waals surface area contributed by atoms with Crippen molar-refractivity contribution in [2.75, 3.05) is 5.32 Å². The van der Waals surface area contributed by atoms with Crippen LogP contribution in [-0.2, 0) is 7.05 Å². The quantitative estimate of drug-likeness (QED) is 0.746. The summed E-state index contributed by atoms with van der Waals surface area (Å²) >= 11 is 1.29. The van der Waals surface area contributed by atoms with Gasteiger partial charge in [-0.2, -0.15) is 5.10 Å². The molecule has 0 spiro atoms. The zero-order valence-electron chi connectivity index (χ0n) is 10.6. The minimum atomic E-state index is 0.580. The molecular formula is C13H11N5OS. The second-order valence-electron chi connectivity index (χ2n) is 4.12. The van der Waals surface area contributed by atoms with E-state index in [1.165, 1.54) is 17.5 Å². The second-order valence-corrected chi connectivity index (χ2v) is 5.18. The SMILES string of the molecule is Cn1cc(-c2cccc(Nc3ncc(C=O)s3)n2)cn1. The number of aromatic nitrogens is 4. The minimum Gasteiger partial charge on any atom is -0.316 e. The summed E-state index contributed by atoms with van der Waals surface area (Å²) in [6, 6.07) is 5.68. The molecule has 0 radical (unpaired) electrons. The zero-order chi connectivity index (χ0) is 13.9. The van der Waals surface area contributed by atoms with Gasteiger partial charge in [0.25, 0.3) is 0 Å². The Morgan fingerprint density at radius 1 is 1.35 bits per heavy atom. The standard InChI is InChI=1S/C13H11N5OS/c1-18-7-9(5-15-18)11-3-2-4-12(16-11)17-13-14-6-10(8-19)20-13/h2-8H,1H3,(H,14,16,17). The molecule has 3 rings (SSSR count). The van der Waals surface area contributed by atoms with E-state index in [-0.39, 0.29) is 0 Å². The number of pyridine rings is 1. The Balaban J connectivity index is 1.85. The monoisotopic (exact) mass is 285 g/mol. The predicted octanol–water partition coefficient (Wildman–Crippen LogP) is 2.49. The smallest absolute Gasteiger partial charge is 0.188 e. The Hall–Kier alpha value is -2.54. The Morgan fingerprint density at radius 3 is 2.95 bits per heavy atom. The Labute approximate surface area is 119 Å². The number of rotatable bonds is 4. The fourth-order valence-electron chi connectivity index (χ4n) is 1.73. The first-order valence-corrected chi connectivity index (χ1v) is 6.70. The van der Waals surface area contributed by atoms with E-state index in [2.05, 4.69) is 20.4 Å². The van der Waals surface area contributed by atoms with Gasteiger partial charge in [0.1, 0.15) is 5.82 Å². The van der Waals surface area contributed by atoms with Crippen LogP contribution in [0.15, 0.2) is 36.8 Å². The maximum atomic E-state index is 10.6. The van der Waals surface area contributed by atoms with Gasteiger partial charge < -0.3 is 5.32 Å². The van der Waals surface area contributed by atoms with Gasteiger partial charge in [0.05, 0.1) is 23.0 Å². The number of aryl methyl sites for hydroxylation is 1. The van der Waals surface area contributed by atoms with Crippen LogP contribution in [-0.4, -0.2) is 26.0 Å². The molecule has 0 aliphatic rings. The molecule has 3 heterocycles. The molecule has 0 atom stereocenters. The van der Waals surface area contributed by atoms with Crippen molar-refractivity contribution in [1.82, 2.24) is 19.7 Å². The van der Waals surface area contributed by atoms with Crippen LogP contribution in [0.25, 0.3) is 11.3 Å². The van der Waals surface area contributed by atoms with Crippen LogP contribution >= 0.6 is 11.3 Å². The molecule has 0 aromatic carbocycles. The molecule has 0 fully saturated rings. The zero-order valence-corrected chi connectivity index (χ0v) is 11.5. The topological polar surface area (TPSA) is 72.7 Å². The summed E-state index contributed by atoms with van der Waals surface area (Å²) in [5.41, 5.74) is 1.78. The number of hydrogen-bond donors (Lipinski definition) is 1. The van der Waals surface area contributed by atoms with Crippen molar-refractivity contribution < 1.29 is 4.79 Å². The Kier molecular flexibility index (Phi) is 3.26. The third-order valence-corrected chi connectivity index (χ3v) is 3.46. The van der Waals surface area contributed by atoms with Gasteiger partial charge >= 0.3 is 0 Å². The minimum absolute atomic E-state index is 0.580. The van der Waals surface area contributed by atoms with Crippen LogP contribution in [0.2, 0.25) is 0 Å². The molecule has 0 bridgehead atoms. The molecule has 1 N–H and O–H groups in total. The van der Waals surface area contributed by atoms with Gasteiger partial charge in [0.2, 0.25) is 0 Å². The summed E-state index contributed by atoms with van der Waals surface area (Å²) in [4.78, 5) is 19.8. The maximum Gasteiger partial charge on any atom is 0.188 e. The molecule has 0 unspecified atom stereocenters. The van der Waals surface area contributed by atoms with Gasteiger partial charge in [-0.15, -0.1) is 0 Å². The molecular weight excluding hydrogens is 274 g/mol. The second kappa shape index (κ2) is 5.22. The molecule has 3 aromatic heterocycles. The third kappa shape index (κ3) is 2.57. The van der Waals surface area contributed by atoms with E-state index < -0.39 is 0 Å². The lowest BCUT2D eigenvalue weighted by atomic mass is 10.2. The first-order chi connectivity index (χ1) is 9.74. The first-order valence-electron chi connectivity index (χ1n) is 5.89. The summed E-state index contributed by atoms with van der Waals surface area (Å²) in [7, 11) is 1.86. The third-order valence-electron chi connectivity index (χ3n) is 2.62. The van der Waals surface area contributed by atoms with Crippen LogP contribution in [0.4, 0.5) is 10.9 Å². The van der Waals surface area contributed by atoms with Gasteiger partial charge in [-0.3, -0.25) is 9.48 Å². The van der Waals surface area contributed by atoms with E-state index in [0.717, 1.165) is 17.5 Å². The van der Waals surface area contributed by atoms with Crippen molar-refractivity contribution in [2.24, 2.45) is 7.05 Å². The van der Waals surface area contributed by atoms with Crippen LogP contribution in [0, 0.1) is 0 Å². The average molecular weight is 285 g/mol. The number of aldehydes is 1. The van der Waals surface area contributed by atoms with Crippen molar-refractivity contribution in [3.63, 3.8) is 0 Å². The van der Waals surface area contributed by atoms with Gasteiger partial charge in [0.15, 0.2) is 11.4 Å². The van der Waals surface area contributed by atoms with E-state index in [1.54, 1.807) is 10.9 Å². The van der Waals surface area contributed by atoms with E-state index in [9.17, 15) is 4.79 Å². The van der Waals surface area contributed by atoms with E-state index in [1.807, 2.05) is 31.4 Å². The van der Waals surface area contributed by atoms with Gasteiger partial charge in [0, 0.05) is 18.8 Å². The van der Waals surface area contributed by atoms with E-state index in [4.69, 9.17) is 0 Å². The summed E-state index contributed by atoms with van der Waals surface area (Å²) in [6.07, 6.45) is 5.98. The molecule has 0 saturated heterocycles. The highest BCUT2D eigenvalue weighted by Gasteiger charge is 2.05. The highest BCUT2D eigenvalue weighted by atomic mass is 32.1. The Morgan fingerprint density at radius 2 is 2.25 bits per heavy atom. The number of thiazole rings is 1. The number of nitrogens with zero attached hydrogens (tertiary/aromatic N) is 4. The molecule has 0 saturated carbocycles. The lowest BCUT2D eigenvalue weighted by molar-refractivity contribution is 0.112. The first kappa shape index (κ1) is 12.5. The molecule has 3 aromatic rings. The normalized spacial score (nSPS) is 10.4. The fourth-order valence-corrected chi connectivity index (χ4v) is 2.36. The van der Waals surface area contributed by atoms with Crippen LogP contribution < -0.4 is 5.32 Å².